The number of aliphatic carboxylic acids is 1. The molecule has 0 amide bonds. The van der Waals surface area contributed by atoms with Crippen LogP contribution in [-0.2, 0) is 4.79 Å². The first-order valence-electron chi connectivity index (χ1n) is 7.83. The van der Waals surface area contributed by atoms with Gasteiger partial charge in [-0.1, -0.05) is 13.8 Å². The highest BCUT2D eigenvalue weighted by molar-refractivity contribution is 5.78. The van der Waals surface area contributed by atoms with Crippen molar-refractivity contribution in [2.75, 3.05) is 20.6 Å². The zero-order valence-corrected chi connectivity index (χ0v) is 13.8. The molecule has 1 aliphatic carbocycles. The Morgan fingerprint density at radius 2 is 1.95 bits per heavy atom. The van der Waals surface area contributed by atoms with Gasteiger partial charge >= 0.3 is 5.97 Å². The lowest BCUT2D eigenvalue weighted by Crippen LogP contribution is -2.48. The van der Waals surface area contributed by atoms with E-state index in [1.165, 1.54) is 25.7 Å². The Morgan fingerprint density at radius 1 is 1.40 bits per heavy atom. The summed E-state index contributed by atoms with van der Waals surface area (Å²) in [6.45, 7) is 7.46. The highest BCUT2D eigenvalue weighted by Crippen LogP contribution is 2.36. The molecule has 1 aliphatic rings. The first kappa shape index (κ1) is 17.4. The van der Waals surface area contributed by atoms with Gasteiger partial charge in [0.1, 0.15) is 5.54 Å². The second-order valence-electron chi connectivity index (χ2n) is 7.37. The van der Waals surface area contributed by atoms with Crippen molar-refractivity contribution in [3.8, 4) is 0 Å². The summed E-state index contributed by atoms with van der Waals surface area (Å²) in [4.78, 5) is 13.6. The smallest absolute Gasteiger partial charge is 0.323 e. The maximum absolute atomic E-state index is 11.2. The first-order chi connectivity index (χ1) is 9.20. The summed E-state index contributed by atoms with van der Waals surface area (Å²) in [5, 5.41) is 12.2. The third kappa shape index (κ3) is 4.74. The van der Waals surface area contributed by atoms with Gasteiger partial charge in [0.25, 0.3) is 0 Å². The Morgan fingerprint density at radius 3 is 2.40 bits per heavy atom. The van der Waals surface area contributed by atoms with E-state index in [9.17, 15) is 9.90 Å². The van der Waals surface area contributed by atoms with E-state index in [1.54, 1.807) is 14.0 Å². The van der Waals surface area contributed by atoms with Crippen LogP contribution in [0.5, 0.6) is 0 Å². The first-order valence-corrected chi connectivity index (χ1v) is 7.83. The molecule has 1 atom stereocenters. The van der Waals surface area contributed by atoms with Crippen molar-refractivity contribution in [3.05, 3.63) is 0 Å². The van der Waals surface area contributed by atoms with Crippen LogP contribution in [0.1, 0.15) is 59.3 Å². The van der Waals surface area contributed by atoms with Crippen LogP contribution in [0.15, 0.2) is 0 Å². The van der Waals surface area contributed by atoms with Crippen molar-refractivity contribution in [2.24, 2.45) is 5.41 Å². The molecular weight excluding hydrogens is 252 g/mol. The van der Waals surface area contributed by atoms with Crippen LogP contribution in [0.3, 0.4) is 0 Å². The summed E-state index contributed by atoms with van der Waals surface area (Å²) in [5.74, 6) is -0.762. The van der Waals surface area contributed by atoms with Crippen LogP contribution in [0, 0.1) is 5.41 Å². The van der Waals surface area contributed by atoms with E-state index in [2.05, 4.69) is 31.1 Å². The fourth-order valence-electron chi connectivity index (χ4n) is 3.03. The van der Waals surface area contributed by atoms with Gasteiger partial charge in [0.2, 0.25) is 0 Å². The highest BCUT2D eigenvalue weighted by atomic mass is 16.4. The quantitative estimate of drug-likeness (QED) is 0.755. The van der Waals surface area contributed by atoms with E-state index in [-0.39, 0.29) is 0 Å². The van der Waals surface area contributed by atoms with Crippen LogP contribution >= 0.6 is 0 Å². The van der Waals surface area contributed by atoms with Gasteiger partial charge in [0.15, 0.2) is 0 Å². The average molecular weight is 284 g/mol. The van der Waals surface area contributed by atoms with E-state index < -0.39 is 11.5 Å². The van der Waals surface area contributed by atoms with Gasteiger partial charge in [-0.3, -0.25) is 4.79 Å². The van der Waals surface area contributed by atoms with Crippen molar-refractivity contribution in [1.29, 1.82) is 0 Å². The minimum atomic E-state index is -0.796. The predicted molar refractivity (Wildman–Crippen MR) is 83.0 cm³/mol. The Bertz CT molecular complexity index is 320. The fraction of sp³-hybridized carbons (Fsp3) is 0.938. The Balaban J connectivity index is 2.34. The lowest BCUT2D eigenvalue weighted by atomic mass is 9.75. The van der Waals surface area contributed by atoms with Gasteiger partial charge < -0.3 is 15.3 Å². The number of carboxylic acid groups (broad SMARTS) is 1. The van der Waals surface area contributed by atoms with Gasteiger partial charge in [-0.2, -0.15) is 0 Å². The summed E-state index contributed by atoms with van der Waals surface area (Å²) in [6.07, 6.45) is 6.72. The molecule has 2 N–H and O–H groups in total. The number of nitrogens with zero attached hydrogens (tertiary/aromatic N) is 1. The van der Waals surface area contributed by atoms with Crippen LogP contribution < -0.4 is 5.32 Å². The zero-order chi connectivity index (χ0) is 15.4. The largest absolute Gasteiger partial charge is 0.480 e. The molecule has 1 saturated carbocycles. The van der Waals surface area contributed by atoms with Crippen LogP contribution in [0.2, 0.25) is 0 Å². The van der Waals surface area contributed by atoms with Gasteiger partial charge in [-0.15, -0.1) is 0 Å². The zero-order valence-electron chi connectivity index (χ0n) is 13.8. The molecule has 0 bridgehead atoms. The van der Waals surface area contributed by atoms with E-state index in [4.69, 9.17) is 0 Å². The van der Waals surface area contributed by atoms with Crippen LogP contribution in [0.25, 0.3) is 0 Å². The number of hydrogen-bond donors (Lipinski definition) is 2. The second kappa shape index (κ2) is 6.90. The number of rotatable bonds is 7. The lowest BCUT2D eigenvalue weighted by molar-refractivity contribution is -0.144. The number of nitrogens with one attached hydrogen (secondary N) is 1. The third-order valence-electron chi connectivity index (χ3n) is 5.14. The van der Waals surface area contributed by atoms with Gasteiger partial charge in [0, 0.05) is 6.04 Å². The number of hydrogen-bond acceptors (Lipinski definition) is 3. The molecule has 20 heavy (non-hydrogen) atoms. The summed E-state index contributed by atoms with van der Waals surface area (Å²) < 4.78 is 0. The van der Waals surface area contributed by atoms with Crippen molar-refractivity contribution in [3.63, 3.8) is 0 Å². The van der Waals surface area contributed by atoms with Crippen LogP contribution in [-0.4, -0.2) is 48.2 Å². The molecule has 1 fully saturated rings. The number of carbonyl (C=O) groups is 1. The molecule has 1 unspecified atom stereocenters. The predicted octanol–water partition coefficient (Wildman–Crippen LogP) is 2.73. The van der Waals surface area contributed by atoms with Crippen LogP contribution in [0.4, 0.5) is 0 Å². The molecule has 0 aliphatic heterocycles. The maximum atomic E-state index is 11.2. The topological polar surface area (TPSA) is 52.6 Å². The number of carboxylic acids is 1. The normalized spacial score (nSPS) is 22.7. The SMILES string of the molecule is CNC(C)(CCCN(C)C1CCC(C)(C)CC1)C(=O)O. The van der Waals surface area contributed by atoms with Crippen molar-refractivity contribution in [1.82, 2.24) is 10.2 Å². The molecule has 0 spiro atoms. The second-order valence-corrected chi connectivity index (χ2v) is 7.37. The Labute approximate surface area is 123 Å². The molecule has 1 rings (SSSR count). The maximum Gasteiger partial charge on any atom is 0.323 e. The van der Waals surface area contributed by atoms with E-state index in [1.807, 2.05) is 0 Å². The van der Waals surface area contributed by atoms with E-state index in [0.29, 0.717) is 17.9 Å². The molecule has 118 valence electrons. The van der Waals surface area contributed by atoms with E-state index >= 15 is 0 Å². The molecule has 0 saturated heterocycles. The molecule has 0 aromatic rings. The van der Waals surface area contributed by atoms with Gasteiger partial charge in [-0.05, 0) is 71.5 Å². The Kier molecular flexibility index (Phi) is 6.02. The standard InChI is InChI=1S/C16H32N2O2/c1-15(2)10-7-13(8-11-15)18(5)12-6-9-16(3,17-4)14(19)20/h13,17H,6-12H2,1-5H3,(H,19,20). The Hall–Kier alpha value is -0.610. The molecule has 0 aromatic heterocycles. The molecular formula is C16H32N2O2. The van der Waals surface area contributed by atoms with Crippen molar-refractivity contribution < 1.29 is 9.90 Å². The van der Waals surface area contributed by atoms with Crippen molar-refractivity contribution >= 4 is 5.97 Å². The van der Waals surface area contributed by atoms with Gasteiger partial charge in [-0.25, -0.2) is 0 Å². The van der Waals surface area contributed by atoms with Crippen molar-refractivity contribution in [2.45, 2.75) is 70.9 Å². The average Bonchev–Trinajstić information content (AvgIpc) is 2.37. The minimum absolute atomic E-state index is 0.505. The lowest BCUT2D eigenvalue weighted by Gasteiger charge is -2.39. The fourth-order valence-corrected chi connectivity index (χ4v) is 3.03. The molecule has 4 heteroatoms. The van der Waals surface area contributed by atoms with E-state index in [0.717, 1.165) is 13.0 Å². The monoisotopic (exact) mass is 284 g/mol. The molecule has 0 heterocycles. The molecule has 0 aromatic carbocycles. The van der Waals surface area contributed by atoms with Gasteiger partial charge in [0.05, 0.1) is 0 Å². The molecule has 0 radical (unpaired) electrons. The third-order valence-corrected chi connectivity index (χ3v) is 5.14. The summed E-state index contributed by atoms with van der Waals surface area (Å²) in [6, 6.07) is 0.675. The highest BCUT2D eigenvalue weighted by Gasteiger charge is 2.31. The summed E-state index contributed by atoms with van der Waals surface area (Å²) >= 11 is 0. The minimum Gasteiger partial charge on any atom is -0.480 e. The molecule has 4 nitrogen and oxygen atoms in total. The summed E-state index contributed by atoms with van der Waals surface area (Å²) in [7, 11) is 3.90. The summed E-state index contributed by atoms with van der Waals surface area (Å²) in [5.41, 5.74) is -0.291. The number of likely N-dealkylation sites (N-methyl/N-ethyl adjacent to an activating group) is 1.